The number of urea groups is 1. The number of barbiturate groups is 1. The van der Waals surface area contributed by atoms with Gasteiger partial charge in [-0.05, 0) is 41.1 Å². The van der Waals surface area contributed by atoms with E-state index in [0.29, 0.717) is 16.3 Å². The Bertz CT molecular complexity index is 1650. The molecular weight excluding hydrogens is 510 g/mol. The number of ether oxygens (including phenoxy) is 1. The largest absolute Gasteiger partial charge is 0.488 e. The molecule has 0 atom stereocenters. The summed E-state index contributed by atoms with van der Waals surface area (Å²) < 4.78 is 6.08. The fourth-order valence-electron chi connectivity index (χ4n) is 4.08. The number of nitrogens with zero attached hydrogens (tertiary/aromatic N) is 2. The van der Waals surface area contributed by atoms with Crippen LogP contribution in [0.15, 0.2) is 90.5 Å². The third-order valence-electron chi connectivity index (χ3n) is 5.98. The molecule has 4 amide bonds. The van der Waals surface area contributed by atoms with Gasteiger partial charge in [-0.3, -0.25) is 25.0 Å². The summed E-state index contributed by atoms with van der Waals surface area (Å²) in [7, 11) is 0. The Kier molecular flexibility index (Phi) is 6.59. The molecule has 188 valence electrons. The molecule has 0 bridgehead atoms. The lowest BCUT2D eigenvalue weighted by Crippen LogP contribution is -2.54. The number of rotatable bonds is 6. The summed E-state index contributed by atoms with van der Waals surface area (Å²) in [6.45, 7) is 0.141. The number of imide groups is 2. The summed E-state index contributed by atoms with van der Waals surface area (Å²) in [4.78, 5) is 50.0. The van der Waals surface area contributed by atoms with Gasteiger partial charge >= 0.3 is 6.03 Å². The molecule has 4 aromatic rings. The zero-order chi connectivity index (χ0) is 26.8. The first-order valence-electron chi connectivity index (χ1n) is 11.4. The molecule has 5 rings (SSSR count). The van der Waals surface area contributed by atoms with Crippen LogP contribution in [-0.2, 0) is 16.2 Å². The Morgan fingerprint density at radius 2 is 1.63 bits per heavy atom. The fraction of sp³-hybridized carbons (Fsp3) is 0.0357. The first-order chi connectivity index (χ1) is 18.3. The number of nitro groups is 1. The highest BCUT2D eigenvalue weighted by molar-refractivity contribution is 6.39. The van der Waals surface area contributed by atoms with E-state index in [-0.39, 0.29) is 23.6 Å². The summed E-state index contributed by atoms with van der Waals surface area (Å²) >= 11 is 6.27. The van der Waals surface area contributed by atoms with Crippen molar-refractivity contribution in [1.29, 1.82) is 0 Å². The molecule has 4 aromatic carbocycles. The molecule has 0 radical (unpaired) electrons. The van der Waals surface area contributed by atoms with E-state index < -0.39 is 22.8 Å². The van der Waals surface area contributed by atoms with Crippen LogP contribution < -0.4 is 15.0 Å². The van der Waals surface area contributed by atoms with Gasteiger partial charge in [0.25, 0.3) is 17.5 Å². The van der Waals surface area contributed by atoms with Crippen LogP contribution in [0.1, 0.15) is 11.1 Å². The normalized spacial score (nSPS) is 14.6. The maximum Gasteiger partial charge on any atom is 0.335 e. The van der Waals surface area contributed by atoms with Crippen LogP contribution in [0.2, 0.25) is 5.02 Å². The Morgan fingerprint density at radius 1 is 0.921 bits per heavy atom. The van der Waals surface area contributed by atoms with Gasteiger partial charge in [0.15, 0.2) is 0 Å². The van der Waals surface area contributed by atoms with Crippen molar-refractivity contribution >= 4 is 57.7 Å². The number of nitro benzene ring substituents is 1. The predicted molar refractivity (Wildman–Crippen MR) is 142 cm³/mol. The van der Waals surface area contributed by atoms with Crippen molar-refractivity contribution in [3.05, 3.63) is 117 Å². The number of carbonyl (C=O) groups excluding carboxylic acids is 3. The third kappa shape index (κ3) is 4.70. The van der Waals surface area contributed by atoms with Crippen molar-refractivity contribution < 1.29 is 24.0 Å². The molecule has 1 aliphatic rings. The Labute approximate surface area is 221 Å². The van der Waals surface area contributed by atoms with E-state index in [2.05, 4.69) is 5.32 Å². The third-order valence-corrected chi connectivity index (χ3v) is 6.35. The molecule has 1 saturated heterocycles. The van der Waals surface area contributed by atoms with Gasteiger partial charge < -0.3 is 4.74 Å². The minimum atomic E-state index is -0.959. The number of anilines is 1. The maximum atomic E-state index is 13.4. The van der Waals surface area contributed by atoms with Crippen LogP contribution >= 0.6 is 11.6 Å². The Morgan fingerprint density at radius 3 is 2.37 bits per heavy atom. The topological polar surface area (TPSA) is 119 Å². The minimum absolute atomic E-state index is 0.0737. The lowest BCUT2D eigenvalue weighted by atomic mass is 9.99. The molecule has 1 fully saturated rings. The molecule has 1 aliphatic heterocycles. The van der Waals surface area contributed by atoms with Crippen molar-refractivity contribution in [2.75, 3.05) is 4.90 Å². The number of benzene rings is 4. The van der Waals surface area contributed by atoms with Crippen LogP contribution in [-0.4, -0.2) is 22.8 Å². The van der Waals surface area contributed by atoms with Gasteiger partial charge in [-0.25, -0.2) is 9.69 Å². The number of non-ortho nitro benzene ring substituents is 1. The Balaban J connectivity index is 1.57. The van der Waals surface area contributed by atoms with Gasteiger partial charge in [-0.2, -0.15) is 0 Å². The maximum absolute atomic E-state index is 13.4. The van der Waals surface area contributed by atoms with Crippen LogP contribution in [0.5, 0.6) is 5.75 Å². The number of nitrogens with one attached hydrogen (secondary N) is 1. The number of halogens is 1. The van der Waals surface area contributed by atoms with Crippen molar-refractivity contribution in [2.24, 2.45) is 0 Å². The molecule has 1 heterocycles. The van der Waals surface area contributed by atoms with Crippen molar-refractivity contribution in [3.63, 3.8) is 0 Å². The lowest BCUT2D eigenvalue weighted by molar-refractivity contribution is -0.384. The van der Waals surface area contributed by atoms with Gasteiger partial charge in [0, 0.05) is 28.3 Å². The molecule has 9 nitrogen and oxygen atoms in total. The molecular formula is C28H18ClN3O6. The van der Waals surface area contributed by atoms with E-state index in [0.717, 1.165) is 21.2 Å². The summed E-state index contributed by atoms with van der Waals surface area (Å²) in [5, 5.41) is 15.3. The monoisotopic (exact) mass is 527 g/mol. The highest BCUT2D eigenvalue weighted by Gasteiger charge is 2.37. The zero-order valence-electron chi connectivity index (χ0n) is 19.6. The second-order valence-electron chi connectivity index (χ2n) is 8.31. The second kappa shape index (κ2) is 10.2. The Hall–Kier alpha value is -5.02. The first kappa shape index (κ1) is 24.7. The molecule has 1 N–H and O–H groups in total. The number of hydrogen-bond acceptors (Lipinski definition) is 6. The summed E-state index contributed by atoms with van der Waals surface area (Å²) in [5.41, 5.74) is 0.780. The molecule has 0 saturated carbocycles. The zero-order valence-corrected chi connectivity index (χ0v) is 20.3. The standard InChI is InChI=1S/C28H18ClN3O6/c29-24-8-4-2-6-18(24)16-38-25-14-9-17-5-1-3-7-21(17)22(25)15-23-26(33)30-28(35)31(27(23)34)19-10-12-20(13-11-19)32(36)37/h1-15H,16H2,(H,30,33,35)/b23-15+. The van der Waals surface area contributed by atoms with Gasteiger partial charge in [0.2, 0.25) is 0 Å². The van der Waals surface area contributed by atoms with Crippen molar-refractivity contribution in [2.45, 2.75) is 6.61 Å². The fourth-order valence-corrected chi connectivity index (χ4v) is 4.27. The number of amides is 4. The van der Waals surface area contributed by atoms with Crippen LogP contribution in [0, 0.1) is 10.1 Å². The summed E-state index contributed by atoms with van der Waals surface area (Å²) in [5.74, 6) is -1.35. The molecule has 38 heavy (non-hydrogen) atoms. The van der Waals surface area contributed by atoms with E-state index in [1.165, 1.54) is 30.3 Å². The van der Waals surface area contributed by atoms with Gasteiger partial charge in [0.1, 0.15) is 17.9 Å². The number of hydrogen-bond donors (Lipinski definition) is 1. The average molecular weight is 528 g/mol. The number of fused-ring (bicyclic) bond motifs is 1. The minimum Gasteiger partial charge on any atom is -0.488 e. The highest BCUT2D eigenvalue weighted by atomic mass is 35.5. The van der Waals surface area contributed by atoms with Crippen molar-refractivity contribution in [1.82, 2.24) is 5.32 Å². The van der Waals surface area contributed by atoms with Crippen LogP contribution in [0.25, 0.3) is 16.8 Å². The number of carbonyl (C=O) groups is 3. The average Bonchev–Trinajstić information content (AvgIpc) is 2.91. The molecule has 0 spiro atoms. The lowest BCUT2D eigenvalue weighted by Gasteiger charge is -2.26. The van der Waals surface area contributed by atoms with E-state index in [4.69, 9.17) is 16.3 Å². The predicted octanol–water partition coefficient (Wildman–Crippen LogP) is 5.65. The van der Waals surface area contributed by atoms with Gasteiger partial charge in [-0.15, -0.1) is 0 Å². The SMILES string of the molecule is O=C1NC(=O)N(c2ccc([N+](=O)[O-])cc2)C(=O)/C1=C/c1c(OCc2ccccc2Cl)ccc2ccccc12. The smallest absolute Gasteiger partial charge is 0.335 e. The molecule has 0 aromatic heterocycles. The quantitative estimate of drug-likeness (QED) is 0.150. The van der Waals surface area contributed by atoms with Crippen LogP contribution in [0.3, 0.4) is 0 Å². The van der Waals surface area contributed by atoms with Crippen molar-refractivity contribution in [3.8, 4) is 5.75 Å². The second-order valence-corrected chi connectivity index (χ2v) is 8.72. The van der Waals surface area contributed by atoms with E-state index in [9.17, 15) is 24.5 Å². The van der Waals surface area contributed by atoms with Gasteiger partial charge in [-0.1, -0.05) is 60.1 Å². The van der Waals surface area contributed by atoms with E-state index >= 15 is 0 Å². The van der Waals surface area contributed by atoms with E-state index in [1.54, 1.807) is 12.1 Å². The molecule has 10 heteroatoms. The van der Waals surface area contributed by atoms with E-state index in [1.807, 2.05) is 48.5 Å². The molecule has 0 unspecified atom stereocenters. The highest BCUT2D eigenvalue weighted by Crippen LogP contribution is 2.33. The van der Waals surface area contributed by atoms with Crippen LogP contribution in [0.4, 0.5) is 16.2 Å². The first-order valence-corrected chi connectivity index (χ1v) is 11.7. The van der Waals surface area contributed by atoms with Gasteiger partial charge in [0.05, 0.1) is 10.6 Å². The summed E-state index contributed by atoms with van der Waals surface area (Å²) in [6.07, 6.45) is 1.38. The summed E-state index contributed by atoms with van der Waals surface area (Å²) in [6, 6.07) is 22.1. The molecule has 0 aliphatic carbocycles.